The molecule has 0 atom stereocenters. The van der Waals surface area contributed by atoms with Crippen LogP contribution in [0, 0.1) is 0 Å². The largest absolute Gasteiger partial charge is 0.255 e. The zero-order chi connectivity index (χ0) is 17.1. The first kappa shape index (κ1) is 15.4. The predicted molar refractivity (Wildman–Crippen MR) is 98.9 cm³/mol. The Morgan fingerprint density at radius 3 is 1.72 bits per heavy atom. The molecule has 120 valence electrons. The average molecular weight is 345 g/mol. The lowest BCUT2D eigenvalue weighted by Gasteiger charge is -2.09. The summed E-state index contributed by atoms with van der Waals surface area (Å²) in [6.07, 6.45) is 5.21. The van der Waals surface area contributed by atoms with E-state index in [1.807, 2.05) is 60.7 Å². The molecule has 0 aromatic carbocycles. The van der Waals surface area contributed by atoms with Gasteiger partial charge in [-0.05, 0) is 59.7 Å². The van der Waals surface area contributed by atoms with Crippen molar-refractivity contribution in [1.29, 1.82) is 0 Å². The van der Waals surface area contributed by atoms with Crippen LogP contribution in [0.5, 0.6) is 0 Å². The van der Waals surface area contributed by atoms with E-state index in [9.17, 15) is 0 Å². The molecule has 0 amide bonds. The van der Waals surface area contributed by atoms with Gasteiger partial charge >= 0.3 is 0 Å². The van der Waals surface area contributed by atoms with Crippen LogP contribution in [0.1, 0.15) is 0 Å². The highest BCUT2D eigenvalue weighted by Gasteiger charge is 2.10. The van der Waals surface area contributed by atoms with Crippen molar-refractivity contribution in [2.45, 2.75) is 0 Å². The van der Waals surface area contributed by atoms with Crippen molar-refractivity contribution in [3.63, 3.8) is 0 Å². The van der Waals surface area contributed by atoms with Gasteiger partial charge in [-0.2, -0.15) is 0 Å². The summed E-state index contributed by atoms with van der Waals surface area (Å²) in [5.74, 6) is 0. The highest BCUT2D eigenvalue weighted by Crippen LogP contribution is 2.29. The van der Waals surface area contributed by atoms with E-state index in [0.29, 0.717) is 5.15 Å². The lowest BCUT2D eigenvalue weighted by molar-refractivity contribution is 1.22. The number of hydrogen-bond acceptors (Lipinski definition) is 4. The Hall–Kier alpha value is -3.11. The first-order chi connectivity index (χ1) is 12.3. The van der Waals surface area contributed by atoms with Crippen LogP contribution in [0.3, 0.4) is 0 Å². The fourth-order valence-corrected chi connectivity index (χ4v) is 2.74. The summed E-state index contributed by atoms with van der Waals surface area (Å²) in [6, 6.07) is 19.3. The van der Waals surface area contributed by atoms with E-state index in [1.54, 1.807) is 18.6 Å². The first-order valence-electron chi connectivity index (χ1n) is 7.76. The molecule has 4 nitrogen and oxygen atoms in total. The van der Waals surface area contributed by atoms with E-state index >= 15 is 0 Å². The molecule has 0 aliphatic carbocycles. The van der Waals surface area contributed by atoms with Crippen molar-refractivity contribution in [3.05, 3.63) is 84.4 Å². The van der Waals surface area contributed by atoms with Crippen LogP contribution < -0.4 is 0 Å². The molecule has 0 saturated heterocycles. The molecule has 0 fully saturated rings. The predicted octanol–water partition coefficient (Wildman–Crippen LogP) is 4.92. The van der Waals surface area contributed by atoms with Gasteiger partial charge in [-0.25, -0.2) is 9.97 Å². The number of aromatic nitrogens is 4. The number of rotatable bonds is 3. The number of nitrogens with zero attached hydrogens (tertiary/aromatic N) is 4. The Kier molecular flexibility index (Phi) is 4.19. The molecule has 0 bridgehead atoms. The van der Waals surface area contributed by atoms with Crippen LogP contribution in [0.25, 0.3) is 33.9 Å². The van der Waals surface area contributed by atoms with Crippen LogP contribution in [-0.4, -0.2) is 19.9 Å². The number of hydrogen-bond donors (Lipinski definition) is 0. The van der Waals surface area contributed by atoms with Gasteiger partial charge in [0.1, 0.15) is 5.15 Å². The standard InChI is InChI=1S/C20H13ClN4/c21-20-13-14(7-10-24-20)15-11-18(16-5-1-3-8-22-16)25-19(12-15)17-6-2-4-9-23-17/h1-13H. The third kappa shape index (κ3) is 3.39. The molecule has 25 heavy (non-hydrogen) atoms. The van der Waals surface area contributed by atoms with Crippen molar-refractivity contribution in [2.75, 3.05) is 0 Å². The molecule has 4 aromatic heterocycles. The van der Waals surface area contributed by atoms with E-state index in [4.69, 9.17) is 16.6 Å². The zero-order valence-corrected chi connectivity index (χ0v) is 13.9. The molecule has 4 heterocycles. The van der Waals surface area contributed by atoms with Crippen LogP contribution >= 0.6 is 11.6 Å². The molecular formula is C20H13ClN4. The van der Waals surface area contributed by atoms with Gasteiger partial charge in [-0.1, -0.05) is 23.7 Å². The maximum Gasteiger partial charge on any atom is 0.129 e. The van der Waals surface area contributed by atoms with Crippen LogP contribution in [0.2, 0.25) is 5.15 Å². The smallest absolute Gasteiger partial charge is 0.129 e. The Labute approximate surface area is 150 Å². The molecule has 0 radical (unpaired) electrons. The molecule has 0 aliphatic heterocycles. The molecule has 4 rings (SSSR count). The monoisotopic (exact) mass is 344 g/mol. The van der Waals surface area contributed by atoms with Crippen LogP contribution in [0.15, 0.2) is 79.3 Å². The van der Waals surface area contributed by atoms with E-state index in [2.05, 4.69) is 15.0 Å². The van der Waals surface area contributed by atoms with E-state index < -0.39 is 0 Å². The average Bonchev–Trinajstić information content (AvgIpc) is 2.69. The Morgan fingerprint density at radius 2 is 1.20 bits per heavy atom. The minimum Gasteiger partial charge on any atom is -0.255 e. The minimum atomic E-state index is 0.452. The maximum atomic E-state index is 6.06. The van der Waals surface area contributed by atoms with Crippen LogP contribution in [0.4, 0.5) is 0 Å². The summed E-state index contributed by atoms with van der Waals surface area (Å²) in [5.41, 5.74) is 5.14. The summed E-state index contributed by atoms with van der Waals surface area (Å²) in [4.78, 5) is 17.6. The summed E-state index contributed by atoms with van der Waals surface area (Å²) < 4.78 is 0. The second-order valence-electron chi connectivity index (χ2n) is 5.42. The minimum absolute atomic E-state index is 0.452. The second-order valence-corrected chi connectivity index (χ2v) is 5.81. The van der Waals surface area contributed by atoms with E-state index in [-0.39, 0.29) is 0 Å². The van der Waals surface area contributed by atoms with Gasteiger partial charge in [0.15, 0.2) is 0 Å². The molecular weight excluding hydrogens is 332 g/mol. The molecule has 0 spiro atoms. The van der Waals surface area contributed by atoms with Crippen molar-refractivity contribution in [3.8, 4) is 33.9 Å². The van der Waals surface area contributed by atoms with Gasteiger partial charge in [0.05, 0.1) is 22.8 Å². The highest BCUT2D eigenvalue weighted by atomic mass is 35.5. The van der Waals surface area contributed by atoms with Crippen molar-refractivity contribution in [1.82, 2.24) is 19.9 Å². The Balaban J connectivity index is 1.92. The molecule has 0 saturated carbocycles. The second kappa shape index (κ2) is 6.79. The summed E-state index contributed by atoms with van der Waals surface area (Å²) in [5, 5.41) is 0.452. The molecule has 0 N–H and O–H groups in total. The quantitative estimate of drug-likeness (QED) is 0.495. The molecule has 4 aromatic rings. The van der Waals surface area contributed by atoms with Crippen molar-refractivity contribution in [2.24, 2.45) is 0 Å². The van der Waals surface area contributed by atoms with Crippen molar-refractivity contribution >= 4 is 11.6 Å². The summed E-state index contributed by atoms with van der Waals surface area (Å²) in [6.45, 7) is 0. The zero-order valence-electron chi connectivity index (χ0n) is 13.2. The van der Waals surface area contributed by atoms with E-state index in [1.165, 1.54) is 0 Å². The third-order valence-electron chi connectivity index (χ3n) is 3.74. The van der Waals surface area contributed by atoms with Gasteiger partial charge < -0.3 is 0 Å². The van der Waals surface area contributed by atoms with Crippen molar-refractivity contribution < 1.29 is 0 Å². The fraction of sp³-hybridized carbons (Fsp3) is 0. The van der Waals surface area contributed by atoms with Gasteiger partial charge in [-0.15, -0.1) is 0 Å². The summed E-state index contributed by atoms with van der Waals surface area (Å²) in [7, 11) is 0. The molecule has 0 unspecified atom stereocenters. The lowest BCUT2D eigenvalue weighted by Crippen LogP contribution is -1.94. The molecule has 0 aliphatic rings. The number of pyridine rings is 4. The highest BCUT2D eigenvalue weighted by molar-refractivity contribution is 6.29. The van der Waals surface area contributed by atoms with Gasteiger partial charge in [0.25, 0.3) is 0 Å². The fourth-order valence-electron chi connectivity index (χ4n) is 2.57. The first-order valence-corrected chi connectivity index (χ1v) is 8.14. The Morgan fingerprint density at radius 1 is 0.560 bits per heavy atom. The van der Waals surface area contributed by atoms with Gasteiger partial charge in [0, 0.05) is 18.6 Å². The SMILES string of the molecule is Clc1cc(-c2cc(-c3ccccn3)nc(-c3ccccn3)c2)ccn1. The normalized spacial score (nSPS) is 10.6. The van der Waals surface area contributed by atoms with Gasteiger partial charge in [-0.3, -0.25) is 9.97 Å². The maximum absolute atomic E-state index is 6.06. The van der Waals surface area contributed by atoms with E-state index in [0.717, 1.165) is 33.9 Å². The molecule has 5 heteroatoms. The van der Waals surface area contributed by atoms with Gasteiger partial charge in [0.2, 0.25) is 0 Å². The topological polar surface area (TPSA) is 51.6 Å². The lowest BCUT2D eigenvalue weighted by atomic mass is 10.0. The Bertz CT molecular complexity index is 947. The summed E-state index contributed by atoms with van der Waals surface area (Å²) >= 11 is 6.06. The third-order valence-corrected chi connectivity index (χ3v) is 3.95. The number of halogens is 1. The van der Waals surface area contributed by atoms with Crippen LogP contribution in [-0.2, 0) is 0 Å².